The lowest BCUT2D eigenvalue weighted by molar-refractivity contribution is 0.170. The van der Waals surface area contributed by atoms with Gasteiger partial charge in [-0.05, 0) is 42.2 Å². The lowest BCUT2D eigenvalue weighted by Crippen LogP contribution is -2.24. The summed E-state index contributed by atoms with van der Waals surface area (Å²) in [6, 6.07) is 14.7. The van der Waals surface area contributed by atoms with Crippen LogP contribution in [0.4, 0.5) is 4.39 Å². The van der Waals surface area contributed by atoms with Gasteiger partial charge in [0.05, 0.1) is 6.10 Å². The van der Waals surface area contributed by atoms with Gasteiger partial charge >= 0.3 is 0 Å². The van der Waals surface area contributed by atoms with E-state index >= 15 is 0 Å². The first-order valence-corrected chi connectivity index (χ1v) is 7.36. The van der Waals surface area contributed by atoms with E-state index in [4.69, 9.17) is 0 Å². The minimum Gasteiger partial charge on any atom is -0.387 e. The van der Waals surface area contributed by atoms with Crippen molar-refractivity contribution in [2.75, 3.05) is 6.54 Å². The highest BCUT2D eigenvalue weighted by molar-refractivity contribution is 5.25. The largest absolute Gasteiger partial charge is 0.387 e. The van der Waals surface area contributed by atoms with Crippen LogP contribution in [0.5, 0.6) is 0 Å². The molecule has 0 radical (unpaired) electrons. The van der Waals surface area contributed by atoms with Gasteiger partial charge in [-0.25, -0.2) is 4.39 Å². The van der Waals surface area contributed by atoms with E-state index in [2.05, 4.69) is 43.4 Å². The fourth-order valence-corrected chi connectivity index (χ4v) is 2.28. The molecule has 0 aliphatic heterocycles. The topological polar surface area (TPSA) is 32.3 Å². The zero-order valence-corrected chi connectivity index (χ0v) is 12.5. The van der Waals surface area contributed by atoms with E-state index in [1.807, 2.05) is 0 Å². The van der Waals surface area contributed by atoms with Gasteiger partial charge in [-0.1, -0.05) is 43.3 Å². The number of aliphatic hydroxyl groups is 1. The minimum absolute atomic E-state index is 0.138. The van der Waals surface area contributed by atoms with Gasteiger partial charge in [-0.3, -0.25) is 0 Å². The van der Waals surface area contributed by atoms with Crippen molar-refractivity contribution in [2.24, 2.45) is 0 Å². The molecule has 0 amide bonds. The summed E-state index contributed by atoms with van der Waals surface area (Å²) in [7, 11) is 0. The van der Waals surface area contributed by atoms with Crippen LogP contribution in [0, 0.1) is 5.82 Å². The zero-order valence-electron chi connectivity index (χ0n) is 12.5. The summed E-state index contributed by atoms with van der Waals surface area (Å²) in [6.45, 7) is 4.57. The average Bonchev–Trinajstić information content (AvgIpc) is 2.52. The molecule has 0 saturated carbocycles. The first kappa shape index (κ1) is 15.7. The third kappa shape index (κ3) is 4.38. The van der Waals surface area contributed by atoms with Gasteiger partial charge < -0.3 is 10.4 Å². The maximum atomic E-state index is 13.1. The van der Waals surface area contributed by atoms with E-state index in [9.17, 15) is 9.50 Å². The number of benzene rings is 2. The van der Waals surface area contributed by atoms with Crippen molar-refractivity contribution in [3.63, 3.8) is 0 Å². The van der Waals surface area contributed by atoms with Crippen molar-refractivity contribution >= 4 is 0 Å². The van der Waals surface area contributed by atoms with Crippen LogP contribution in [0.3, 0.4) is 0 Å². The summed E-state index contributed by atoms with van der Waals surface area (Å²) in [4.78, 5) is 0. The summed E-state index contributed by atoms with van der Waals surface area (Å²) in [5, 5.41) is 13.4. The molecule has 2 atom stereocenters. The first-order chi connectivity index (χ1) is 10.1. The monoisotopic (exact) mass is 287 g/mol. The van der Waals surface area contributed by atoms with E-state index in [1.165, 1.54) is 23.3 Å². The number of aryl methyl sites for hydroxylation is 1. The first-order valence-electron chi connectivity index (χ1n) is 7.36. The molecule has 2 rings (SSSR count). The summed E-state index contributed by atoms with van der Waals surface area (Å²) >= 11 is 0. The van der Waals surface area contributed by atoms with Crippen LogP contribution in [-0.2, 0) is 6.42 Å². The van der Waals surface area contributed by atoms with E-state index in [0.717, 1.165) is 6.42 Å². The Kier molecular flexibility index (Phi) is 5.48. The lowest BCUT2D eigenvalue weighted by Gasteiger charge is -2.18. The molecule has 0 aliphatic rings. The summed E-state index contributed by atoms with van der Waals surface area (Å²) in [5.41, 5.74) is 3.08. The Morgan fingerprint density at radius 2 is 1.81 bits per heavy atom. The minimum atomic E-state index is -0.710. The predicted molar refractivity (Wildman–Crippen MR) is 83.6 cm³/mol. The zero-order chi connectivity index (χ0) is 15.2. The molecule has 0 bridgehead atoms. The standard InChI is InChI=1S/C18H22FNO/c1-3-14-7-9-15(10-8-14)13(2)20-12-18(21)16-5-4-6-17(19)11-16/h4-11,13,18,20-21H,3,12H2,1-2H3. The molecule has 21 heavy (non-hydrogen) atoms. The second-order valence-electron chi connectivity index (χ2n) is 5.30. The molecular weight excluding hydrogens is 265 g/mol. The van der Waals surface area contributed by atoms with Gasteiger partial charge in [0.15, 0.2) is 0 Å². The van der Waals surface area contributed by atoms with Crippen molar-refractivity contribution in [1.82, 2.24) is 5.32 Å². The van der Waals surface area contributed by atoms with Gasteiger partial charge in [0, 0.05) is 12.6 Å². The molecule has 2 unspecified atom stereocenters. The summed E-state index contributed by atoms with van der Waals surface area (Å²) in [6.07, 6.45) is 0.318. The molecule has 0 aromatic heterocycles. The fourth-order valence-electron chi connectivity index (χ4n) is 2.28. The molecule has 2 nitrogen and oxygen atoms in total. The second-order valence-corrected chi connectivity index (χ2v) is 5.30. The maximum absolute atomic E-state index is 13.1. The van der Waals surface area contributed by atoms with Gasteiger partial charge in [0.1, 0.15) is 5.82 Å². The van der Waals surface area contributed by atoms with E-state index in [1.54, 1.807) is 12.1 Å². The highest BCUT2D eigenvalue weighted by Crippen LogP contribution is 2.17. The van der Waals surface area contributed by atoms with Crippen molar-refractivity contribution in [3.8, 4) is 0 Å². The van der Waals surface area contributed by atoms with Gasteiger partial charge in [0.2, 0.25) is 0 Å². The Morgan fingerprint density at radius 3 is 2.43 bits per heavy atom. The maximum Gasteiger partial charge on any atom is 0.123 e. The van der Waals surface area contributed by atoms with Crippen LogP contribution < -0.4 is 5.32 Å². The number of aliphatic hydroxyl groups excluding tert-OH is 1. The molecule has 0 fully saturated rings. The van der Waals surface area contributed by atoms with Crippen LogP contribution in [-0.4, -0.2) is 11.7 Å². The molecule has 0 spiro atoms. The van der Waals surface area contributed by atoms with E-state index in [-0.39, 0.29) is 11.9 Å². The molecule has 112 valence electrons. The molecule has 0 aliphatic carbocycles. The molecule has 3 heteroatoms. The van der Waals surface area contributed by atoms with Gasteiger partial charge in [0.25, 0.3) is 0 Å². The summed E-state index contributed by atoms with van der Waals surface area (Å²) < 4.78 is 13.1. The Labute approximate surface area is 125 Å². The van der Waals surface area contributed by atoms with Crippen LogP contribution in [0.25, 0.3) is 0 Å². The number of hydrogen-bond acceptors (Lipinski definition) is 2. The summed E-state index contributed by atoms with van der Waals surface area (Å²) in [5.74, 6) is -0.324. The van der Waals surface area contributed by atoms with Crippen LogP contribution in [0.1, 0.15) is 42.7 Å². The van der Waals surface area contributed by atoms with Crippen LogP contribution in [0.15, 0.2) is 48.5 Å². The predicted octanol–water partition coefficient (Wildman–Crippen LogP) is 3.77. The molecule has 2 N–H and O–H groups in total. The fraction of sp³-hybridized carbons (Fsp3) is 0.333. The SMILES string of the molecule is CCc1ccc(C(C)NCC(O)c2cccc(F)c2)cc1. The van der Waals surface area contributed by atoms with Crippen molar-refractivity contribution in [2.45, 2.75) is 32.4 Å². The quantitative estimate of drug-likeness (QED) is 0.847. The van der Waals surface area contributed by atoms with Crippen molar-refractivity contribution in [3.05, 3.63) is 71.0 Å². The molecule has 2 aromatic rings. The van der Waals surface area contributed by atoms with Gasteiger partial charge in [-0.2, -0.15) is 0 Å². The lowest BCUT2D eigenvalue weighted by atomic mass is 10.0. The number of rotatable bonds is 6. The van der Waals surface area contributed by atoms with E-state index in [0.29, 0.717) is 12.1 Å². The van der Waals surface area contributed by atoms with E-state index < -0.39 is 6.10 Å². The molecule has 0 heterocycles. The third-order valence-corrected chi connectivity index (χ3v) is 3.74. The third-order valence-electron chi connectivity index (χ3n) is 3.74. The number of hydrogen-bond donors (Lipinski definition) is 2. The Morgan fingerprint density at radius 1 is 1.10 bits per heavy atom. The Balaban J connectivity index is 1.92. The average molecular weight is 287 g/mol. The molecular formula is C18H22FNO. The molecule has 2 aromatic carbocycles. The highest BCUT2D eigenvalue weighted by Gasteiger charge is 2.11. The molecule has 0 saturated heterocycles. The van der Waals surface area contributed by atoms with Crippen molar-refractivity contribution < 1.29 is 9.50 Å². The second kappa shape index (κ2) is 7.34. The highest BCUT2D eigenvalue weighted by atomic mass is 19.1. The normalized spacial score (nSPS) is 13.9. The van der Waals surface area contributed by atoms with Crippen LogP contribution in [0.2, 0.25) is 0 Å². The van der Waals surface area contributed by atoms with Gasteiger partial charge in [-0.15, -0.1) is 0 Å². The number of halogens is 1. The Bertz CT molecular complexity index is 568. The Hall–Kier alpha value is -1.71. The van der Waals surface area contributed by atoms with Crippen LogP contribution >= 0.6 is 0 Å². The smallest absolute Gasteiger partial charge is 0.123 e. The number of nitrogens with one attached hydrogen (secondary N) is 1. The van der Waals surface area contributed by atoms with Crippen molar-refractivity contribution in [1.29, 1.82) is 0 Å².